The van der Waals surface area contributed by atoms with E-state index in [2.05, 4.69) is 15.3 Å². The van der Waals surface area contributed by atoms with E-state index < -0.39 is 17.1 Å². The number of thiophene rings is 1. The largest absolute Gasteiger partial charge is 0.494 e. The predicted molar refractivity (Wildman–Crippen MR) is 129 cm³/mol. The van der Waals surface area contributed by atoms with E-state index in [1.807, 2.05) is 6.07 Å². The minimum atomic E-state index is -0.639. The summed E-state index contributed by atoms with van der Waals surface area (Å²) in [5, 5.41) is 17.2. The van der Waals surface area contributed by atoms with Crippen molar-refractivity contribution in [2.24, 2.45) is 7.05 Å². The number of hydrogen-bond acceptors (Lipinski definition) is 8. The molecule has 0 saturated heterocycles. The van der Waals surface area contributed by atoms with Crippen molar-refractivity contribution in [2.45, 2.75) is 13.0 Å². The monoisotopic (exact) mass is 511 g/mol. The summed E-state index contributed by atoms with van der Waals surface area (Å²) in [7, 11) is 2.98. The number of nitriles is 1. The molecule has 0 unspecified atom stereocenters. The first-order valence-electron chi connectivity index (χ1n) is 10.2. The van der Waals surface area contributed by atoms with Crippen LogP contribution < -0.4 is 16.0 Å². The van der Waals surface area contributed by atoms with Crippen LogP contribution in [0, 0.1) is 17.1 Å². The van der Waals surface area contributed by atoms with Crippen molar-refractivity contribution in [3.8, 4) is 27.9 Å². The molecule has 0 fully saturated rings. The molecule has 35 heavy (non-hydrogen) atoms. The van der Waals surface area contributed by atoms with Gasteiger partial charge in [0.15, 0.2) is 11.6 Å². The van der Waals surface area contributed by atoms with Gasteiger partial charge in [0.05, 0.1) is 48.2 Å². The third kappa shape index (κ3) is 3.56. The number of rotatable bonds is 5. The molecule has 10 nitrogen and oxygen atoms in total. The Balaban J connectivity index is 1.86. The molecule has 176 valence electrons. The Bertz CT molecular complexity index is 1800. The van der Waals surface area contributed by atoms with Crippen LogP contribution in [0.3, 0.4) is 0 Å². The summed E-state index contributed by atoms with van der Waals surface area (Å²) in [6.07, 6.45) is 2.92. The van der Waals surface area contributed by atoms with Crippen molar-refractivity contribution in [2.75, 3.05) is 7.11 Å². The van der Waals surface area contributed by atoms with Gasteiger partial charge in [-0.25, -0.2) is 18.4 Å². The summed E-state index contributed by atoms with van der Waals surface area (Å²) >= 11 is 7.40. The Hall–Kier alpha value is -4.08. The van der Waals surface area contributed by atoms with Crippen LogP contribution in [0.5, 0.6) is 5.75 Å². The van der Waals surface area contributed by atoms with E-state index in [-0.39, 0.29) is 34.1 Å². The molecule has 0 saturated carbocycles. The predicted octanol–water partition coefficient (Wildman–Crippen LogP) is 3.27. The third-order valence-electron chi connectivity index (χ3n) is 5.51. The van der Waals surface area contributed by atoms with E-state index in [4.69, 9.17) is 21.6 Å². The van der Waals surface area contributed by atoms with Crippen LogP contribution >= 0.6 is 22.9 Å². The number of aryl methyl sites for hydroxylation is 2. The summed E-state index contributed by atoms with van der Waals surface area (Å²) < 4.78 is 23.2. The molecule has 0 bridgehead atoms. The summed E-state index contributed by atoms with van der Waals surface area (Å²) in [5.74, 6) is -0.636. The Labute approximate surface area is 205 Å². The number of aromatic nitrogens is 6. The van der Waals surface area contributed by atoms with Crippen molar-refractivity contribution in [1.29, 1.82) is 5.26 Å². The summed E-state index contributed by atoms with van der Waals surface area (Å²) in [6.45, 7) is 0.0514. The minimum Gasteiger partial charge on any atom is -0.494 e. The van der Waals surface area contributed by atoms with Gasteiger partial charge in [-0.3, -0.25) is 14.3 Å². The van der Waals surface area contributed by atoms with Gasteiger partial charge in [0.2, 0.25) is 0 Å². The van der Waals surface area contributed by atoms with Crippen LogP contribution in [0.25, 0.3) is 37.4 Å². The first kappa shape index (κ1) is 22.7. The highest BCUT2D eigenvalue weighted by atomic mass is 35.5. The molecular weight excluding hydrogens is 497 g/mol. The van der Waals surface area contributed by atoms with E-state index in [1.54, 1.807) is 13.1 Å². The van der Waals surface area contributed by atoms with Gasteiger partial charge < -0.3 is 4.74 Å². The molecule has 5 rings (SSSR count). The zero-order valence-corrected chi connectivity index (χ0v) is 19.9. The van der Waals surface area contributed by atoms with Gasteiger partial charge in [-0.2, -0.15) is 5.26 Å². The molecule has 4 aromatic heterocycles. The van der Waals surface area contributed by atoms with Gasteiger partial charge in [0, 0.05) is 24.0 Å². The molecule has 4 heterocycles. The lowest BCUT2D eigenvalue weighted by atomic mass is 10.1. The number of pyridine rings is 1. The smallest absolute Gasteiger partial charge is 0.336 e. The molecule has 0 radical (unpaired) electrons. The van der Waals surface area contributed by atoms with E-state index in [1.165, 1.54) is 34.8 Å². The molecule has 13 heteroatoms. The highest BCUT2D eigenvalue weighted by Gasteiger charge is 2.22. The summed E-state index contributed by atoms with van der Waals surface area (Å²) in [4.78, 5) is 31.9. The van der Waals surface area contributed by atoms with Crippen LogP contribution in [0.1, 0.15) is 6.42 Å². The molecule has 1 aromatic carbocycles. The fraction of sp³-hybridized carbons (Fsp3) is 0.182. The molecule has 0 N–H and O–H groups in total. The molecule has 0 amide bonds. The highest BCUT2D eigenvalue weighted by Crippen LogP contribution is 2.39. The SMILES string of the molecule is COc1cc(-c2cc3c(s2)c(=O)n(-c2cncc4nnn(C)c24)c(=O)n3CCC#N)c(Cl)cc1F. The van der Waals surface area contributed by atoms with E-state index in [0.717, 1.165) is 22.0 Å². The van der Waals surface area contributed by atoms with Crippen LogP contribution in [0.2, 0.25) is 5.02 Å². The van der Waals surface area contributed by atoms with Gasteiger partial charge >= 0.3 is 5.69 Å². The maximum absolute atomic E-state index is 14.1. The van der Waals surface area contributed by atoms with Crippen LogP contribution in [0.15, 0.2) is 40.2 Å². The van der Waals surface area contributed by atoms with E-state index >= 15 is 0 Å². The lowest BCUT2D eigenvalue weighted by Crippen LogP contribution is -2.38. The molecule has 0 aliphatic rings. The molecule has 0 aliphatic carbocycles. The van der Waals surface area contributed by atoms with Gasteiger partial charge in [-0.15, -0.1) is 16.4 Å². The normalized spacial score (nSPS) is 11.3. The average molecular weight is 512 g/mol. The Morgan fingerprint density at radius 1 is 1.26 bits per heavy atom. The Morgan fingerprint density at radius 2 is 2.06 bits per heavy atom. The zero-order valence-electron chi connectivity index (χ0n) is 18.3. The van der Waals surface area contributed by atoms with Crippen LogP contribution in [-0.4, -0.2) is 36.2 Å². The van der Waals surface area contributed by atoms with Crippen molar-refractivity contribution in [1.82, 2.24) is 29.1 Å². The van der Waals surface area contributed by atoms with Gasteiger partial charge in [0.25, 0.3) is 5.56 Å². The third-order valence-corrected chi connectivity index (χ3v) is 6.97. The molecule has 0 atom stereocenters. The van der Waals surface area contributed by atoms with Crippen LogP contribution in [0.4, 0.5) is 4.39 Å². The van der Waals surface area contributed by atoms with Crippen molar-refractivity contribution < 1.29 is 9.13 Å². The van der Waals surface area contributed by atoms with Gasteiger partial charge in [-0.1, -0.05) is 16.8 Å². The Morgan fingerprint density at radius 3 is 2.80 bits per heavy atom. The maximum Gasteiger partial charge on any atom is 0.336 e. The lowest BCUT2D eigenvalue weighted by molar-refractivity contribution is 0.387. The molecule has 0 spiro atoms. The number of fused-ring (bicyclic) bond motifs is 2. The number of ether oxygens (including phenoxy) is 1. The highest BCUT2D eigenvalue weighted by molar-refractivity contribution is 7.22. The number of hydrogen-bond donors (Lipinski definition) is 0. The van der Waals surface area contributed by atoms with Gasteiger partial charge in [-0.05, 0) is 18.2 Å². The second kappa shape index (κ2) is 8.61. The minimum absolute atomic E-state index is 0.0115. The number of benzene rings is 1. The second-order valence-electron chi connectivity index (χ2n) is 7.51. The summed E-state index contributed by atoms with van der Waals surface area (Å²) in [5.41, 5.74) is 0.653. The maximum atomic E-state index is 14.1. The van der Waals surface area contributed by atoms with Gasteiger partial charge in [0.1, 0.15) is 15.7 Å². The second-order valence-corrected chi connectivity index (χ2v) is 8.97. The van der Waals surface area contributed by atoms with Crippen molar-refractivity contribution in [3.63, 3.8) is 0 Å². The number of halogens is 2. The first-order chi connectivity index (χ1) is 16.8. The standard InChI is InChI=1S/C22H15ClFN7O3S/c1-29-19-14(27-28-29)9-26-10-16(19)31-21(32)20-15(30(22(31)33)5-3-4-25)8-18(35-20)11-6-17(34-2)13(24)7-12(11)23/h6-10H,3,5H2,1-2H3. The average Bonchev–Trinajstić information content (AvgIpc) is 3.44. The fourth-order valence-electron chi connectivity index (χ4n) is 3.91. The first-order valence-corrected chi connectivity index (χ1v) is 11.4. The van der Waals surface area contributed by atoms with Crippen LogP contribution in [-0.2, 0) is 13.6 Å². The van der Waals surface area contributed by atoms with Crippen molar-refractivity contribution in [3.05, 3.63) is 62.3 Å². The summed E-state index contributed by atoms with van der Waals surface area (Å²) in [6, 6.07) is 6.22. The molecular formula is C22H15ClFN7O3S. The lowest BCUT2D eigenvalue weighted by Gasteiger charge is -2.11. The number of nitrogens with zero attached hydrogens (tertiary/aromatic N) is 7. The zero-order chi connectivity index (χ0) is 24.9. The van der Waals surface area contributed by atoms with E-state index in [0.29, 0.717) is 27.0 Å². The molecule has 5 aromatic rings. The fourth-order valence-corrected chi connectivity index (χ4v) is 5.33. The molecule has 0 aliphatic heterocycles. The topological polar surface area (TPSA) is 121 Å². The van der Waals surface area contributed by atoms with E-state index in [9.17, 15) is 14.0 Å². The Kier molecular flexibility index (Phi) is 5.58. The quantitative estimate of drug-likeness (QED) is 0.355. The number of methoxy groups -OCH3 is 1. The van der Waals surface area contributed by atoms with Crippen molar-refractivity contribution >= 4 is 44.2 Å².